The van der Waals surface area contributed by atoms with Gasteiger partial charge in [-0.15, -0.1) is 0 Å². The summed E-state index contributed by atoms with van der Waals surface area (Å²) in [5, 5.41) is 0. The lowest BCUT2D eigenvalue weighted by atomic mass is 9.73. The Labute approximate surface area is 154 Å². The van der Waals surface area contributed by atoms with Crippen molar-refractivity contribution in [3.63, 3.8) is 0 Å². The van der Waals surface area contributed by atoms with Gasteiger partial charge in [-0.3, -0.25) is 9.59 Å². The van der Waals surface area contributed by atoms with Crippen molar-refractivity contribution >= 4 is 17.5 Å². The van der Waals surface area contributed by atoms with Crippen LogP contribution < -0.4 is 4.90 Å². The Balaban J connectivity index is 1.54. The summed E-state index contributed by atoms with van der Waals surface area (Å²) in [7, 11) is 1.65. The van der Waals surface area contributed by atoms with Gasteiger partial charge in [0, 0.05) is 39.0 Å². The second-order valence-electron chi connectivity index (χ2n) is 7.38. The monoisotopic (exact) mass is 358 g/mol. The smallest absolute Gasteiger partial charge is 0.251 e. The number of piperidine rings is 1. The van der Waals surface area contributed by atoms with Crippen molar-refractivity contribution in [2.45, 2.75) is 37.2 Å². The van der Waals surface area contributed by atoms with Crippen LogP contribution in [0.5, 0.6) is 0 Å². The molecule has 1 aromatic rings. The molecule has 6 heteroatoms. The molecule has 2 amide bonds. The van der Waals surface area contributed by atoms with Gasteiger partial charge in [-0.2, -0.15) is 0 Å². The van der Waals surface area contributed by atoms with Crippen LogP contribution in [-0.2, 0) is 24.5 Å². The van der Waals surface area contributed by atoms with Gasteiger partial charge >= 0.3 is 0 Å². The second-order valence-corrected chi connectivity index (χ2v) is 7.38. The molecule has 2 saturated heterocycles. The number of amides is 2. The molecule has 0 saturated carbocycles. The maximum Gasteiger partial charge on any atom is 0.251 e. The van der Waals surface area contributed by atoms with Crippen LogP contribution in [0.3, 0.4) is 0 Å². The van der Waals surface area contributed by atoms with Crippen molar-refractivity contribution < 1.29 is 19.1 Å². The SMILES string of the molecule is COCCN1C(=O)C2(CCN(C(=O)[C@H]3CCCO3)CC2)c2ccccc21. The second kappa shape index (κ2) is 7.00. The highest BCUT2D eigenvalue weighted by atomic mass is 16.5. The maximum atomic E-state index is 13.3. The van der Waals surface area contributed by atoms with Crippen LogP contribution in [0, 0.1) is 0 Å². The molecule has 1 aromatic carbocycles. The quantitative estimate of drug-likeness (QED) is 0.822. The van der Waals surface area contributed by atoms with Gasteiger partial charge in [0.1, 0.15) is 6.10 Å². The van der Waals surface area contributed by atoms with E-state index in [4.69, 9.17) is 9.47 Å². The lowest BCUT2D eigenvalue weighted by molar-refractivity contribution is -0.144. The maximum absolute atomic E-state index is 13.3. The summed E-state index contributed by atoms with van der Waals surface area (Å²) in [6.07, 6.45) is 2.82. The summed E-state index contributed by atoms with van der Waals surface area (Å²) in [4.78, 5) is 29.7. The first-order chi connectivity index (χ1) is 12.7. The predicted molar refractivity (Wildman–Crippen MR) is 97.1 cm³/mol. The molecule has 4 rings (SSSR count). The van der Waals surface area contributed by atoms with E-state index in [2.05, 4.69) is 6.07 Å². The zero-order valence-corrected chi connectivity index (χ0v) is 15.3. The van der Waals surface area contributed by atoms with E-state index in [1.54, 1.807) is 7.11 Å². The number of para-hydroxylation sites is 1. The Hall–Kier alpha value is -1.92. The molecular weight excluding hydrogens is 332 g/mol. The molecule has 0 aliphatic carbocycles. The van der Waals surface area contributed by atoms with Crippen LogP contribution in [0.25, 0.3) is 0 Å². The van der Waals surface area contributed by atoms with E-state index in [0.717, 1.165) is 24.1 Å². The molecular formula is C20H26N2O4. The molecule has 140 valence electrons. The van der Waals surface area contributed by atoms with E-state index in [9.17, 15) is 9.59 Å². The highest BCUT2D eigenvalue weighted by Gasteiger charge is 2.52. The molecule has 3 aliphatic rings. The lowest BCUT2D eigenvalue weighted by Gasteiger charge is -2.39. The number of carbonyl (C=O) groups excluding carboxylic acids is 2. The van der Waals surface area contributed by atoms with E-state index < -0.39 is 5.41 Å². The highest BCUT2D eigenvalue weighted by Crippen LogP contribution is 2.47. The van der Waals surface area contributed by atoms with Gasteiger partial charge in [-0.05, 0) is 37.3 Å². The third-order valence-electron chi connectivity index (χ3n) is 6.02. The van der Waals surface area contributed by atoms with Gasteiger partial charge in [0.2, 0.25) is 5.91 Å². The van der Waals surface area contributed by atoms with Crippen molar-refractivity contribution in [2.75, 3.05) is 44.9 Å². The summed E-state index contributed by atoms with van der Waals surface area (Å²) in [5.74, 6) is 0.243. The number of fused-ring (bicyclic) bond motifs is 2. The molecule has 0 radical (unpaired) electrons. The van der Waals surface area contributed by atoms with Crippen LogP contribution in [0.15, 0.2) is 24.3 Å². The summed E-state index contributed by atoms with van der Waals surface area (Å²) in [6.45, 7) is 2.97. The fraction of sp³-hybridized carbons (Fsp3) is 0.600. The van der Waals surface area contributed by atoms with Gasteiger partial charge in [0.25, 0.3) is 5.91 Å². The van der Waals surface area contributed by atoms with Crippen LogP contribution in [0.1, 0.15) is 31.2 Å². The standard InChI is InChI=1S/C20H26N2O4/c1-25-14-12-22-16-6-3-2-5-15(16)20(19(22)24)8-10-21(11-9-20)18(23)17-7-4-13-26-17/h2-3,5-6,17H,4,7-14H2,1H3/t17-/m1/s1. The first kappa shape index (κ1) is 17.5. The Morgan fingerprint density at radius 1 is 1.31 bits per heavy atom. The van der Waals surface area contributed by atoms with E-state index in [1.165, 1.54) is 0 Å². The van der Waals surface area contributed by atoms with Crippen LogP contribution in [0.2, 0.25) is 0 Å². The van der Waals surface area contributed by atoms with Gasteiger partial charge in [0.15, 0.2) is 0 Å². The molecule has 3 aliphatic heterocycles. The number of methoxy groups -OCH3 is 1. The van der Waals surface area contributed by atoms with E-state index in [-0.39, 0.29) is 17.9 Å². The average Bonchev–Trinajstić information content (AvgIpc) is 3.29. The first-order valence-electron chi connectivity index (χ1n) is 9.48. The van der Waals surface area contributed by atoms with Crippen molar-refractivity contribution in [1.29, 1.82) is 0 Å². The van der Waals surface area contributed by atoms with E-state index in [1.807, 2.05) is 28.0 Å². The number of anilines is 1. The third-order valence-corrected chi connectivity index (χ3v) is 6.02. The zero-order valence-electron chi connectivity index (χ0n) is 15.3. The highest BCUT2D eigenvalue weighted by molar-refractivity contribution is 6.08. The number of hydrogen-bond donors (Lipinski definition) is 0. The molecule has 1 spiro atoms. The van der Waals surface area contributed by atoms with Gasteiger partial charge in [-0.25, -0.2) is 0 Å². The third kappa shape index (κ3) is 2.72. The number of likely N-dealkylation sites (tertiary alicyclic amines) is 1. The Kier molecular flexibility index (Phi) is 4.71. The van der Waals surface area contributed by atoms with Crippen LogP contribution >= 0.6 is 0 Å². The van der Waals surface area contributed by atoms with Crippen LogP contribution in [0.4, 0.5) is 5.69 Å². The lowest BCUT2D eigenvalue weighted by Crippen LogP contribution is -2.52. The molecule has 2 fully saturated rings. The minimum atomic E-state index is -0.502. The summed E-state index contributed by atoms with van der Waals surface area (Å²) < 4.78 is 10.7. The fourth-order valence-corrected chi connectivity index (χ4v) is 4.57. The molecule has 0 N–H and O–H groups in total. The average molecular weight is 358 g/mol. The molecule has 6 nitrogen and oxygen atoms in total. The largest absolute Gasteiger partial charge is 0.383 e. The Bertz CT molecular complexity index is 691. The van der Waals surface area contributed by atoms with Crippen molar-refractivity contribution in [1.82, 2.24) is 4.90 Å². The Morgan fingerprint density at radius 3 is 2.77 bits per heavy atom. The number of carbonyl (C=O) groups is 2. The molecule has 1 atom stereocenters. The number of ether oxygens (including phenoxy) is 2. The minimum absolute atomic E-state index is 0.0901. The van der Waals surface area contributed by atoms with Crippen molar-refractivity contribution in [3.8, 4) is 0 Å². The minimum Gasteiger partial charge on any atom is -0.383 e. The van der Waals surface area contributed by atoms with E-state index >= 15 is 0 Å². The topological polar surface area (TPSA) is 59.1 Å². The number of rotatable bonds is 4. The summed E-state index contributed by atoms with van der Waals surface area (Å²) >= 11 is 0. The number of hydrogen-bond acceptors (Lipinski definition) is 4. The van der Waals surface area contributed by atoms with Gasteiger partial charge < -0.3 is 19.3 Å². The van der Waals surface area contributed by atoms with Crippen molar-refractivity contribution in [3.05, 3.63) is 29.8 Å². The molecule has 3 heterocycles. The summed E-state index contributed by atoms with van der Waals surface area (Å²) in [6, 6.07) is 8.05. The fourth-order valence-electron chi connectivity index (χ4n) is 4.57. The normalized spacial score (nSPS) is 24.3. The molecule has 0 aromatic heterocycles. The van der Waals surface area contributed by atoms with E-state index in [0.29, 0.717) is 45.7 Å². The van der Waals surface area contributed by atoms with Crippen molar-refractivity contribution in [2.24, 2.45) is 0 Å². The predicted octanol–water partition coefficient (Wildman–Crippen LogP) is 1.72. The summed E-state index contributed by atoms with van der Waals surface area (Å²) in [5.41, 5.74) is 1.59. The molecule has 26 heavy (non-hydrogen) atoms. The van der Waals surface area contributed by atoms with Crippen LogP contribution in [-0.4, -0.2) is 62.8 Å². The number of benzene rings is 1. The molecule has 0 bridgehead atoms. The first-order valence-corrected chi connectivity index (χ1v) is 9.48. The van der Waals surface area contributed by atoms with Gasteiger partial charge in [-0.1, -0.05) is 18.2 Å². The Morgan fingerprint density at radius 2 is 2.08 bits per heavy atom. The number of nitrogens with zero attached hydrogens (tertiary/aromatic N) is 2. The van der Waals surface area contributed by atoms with Gasteiger partial charge in [0.05, 0.1) is 12.0 Å². The zero-order chi connectivity index (χ0) is 18.1. The molecule has 0 unspecified atom stereocenters.